The van der Waals surface area contributed by atoms with E-state index < -0.39 is 0 Å². The molecule has 0 saturated heterocycles. The molecule has 0 unspecified atom stereocenters. The van der Waals surface area contributed by atoms with E-state index >= 15 is 0 Å². The molecule has 6 heteroatoms. The molecule has 0 fully saturated rings. The van der Waals surface area contributed by atoms with Crippen molar-refractivity contribution in [2.24, 2.45) is 0 Å². The van der Waals surface area contributed by atoms with Crippen LogP contribution < -0.4 is 0 Å². The summed E-state index contributed by atoms with van der Waals surface area (Å²) in [7, 11) is 0. The number of aromatic nitrogens is 3. The van der Waals surface area contributed by atoms with Crippen molar-refractivity contribution in [1.82, 2.24) is 14.8 Å². The predicted octanol–water partition coefficient (Wildman–Crippen LogP) is 0.882. The highest BCUT2D eigenvalue weighted by Gasteiger charge is 2.12. The van der Waals surface area contributed by atoms with Crippen molar-refractivity contribution in [3.63, 3.8) is 0 Å². The van der Waals surface area contributed by atoms with E-state index in [0.717, 1.165) is 0 Å². The SMILES string of the molecule is N#Cc1ncn(-c2c(C#N)cccc2C#N)n1. The number of nitriles is 3. The average molecular weight is 220 g/mol. The molecule has 0 amide bonds. The molecule has 0 N–H and O–H groups in total. The molecule has 78 valence electrons. The normalized spacial score (nSPS) is 9.00. The zero-order valence-electron chi connectivity index (χ0n) is 8.49. The maximum atomic E-state index is 8.98. The van der Waals surface area contributed by atoms with Crippen LogP contribution in [0.1, 0.15) is 17.0 Å². The Morgan fingerprint density at radius 2 is 1.65 bits per heavy atom. The van der Waals surface area contributed by atoms with Gasteiger partial charge in [-0.15, -0.1) is 5.10 Å². The van der Waals surface area contributed by atoms with E-state index in [-0.39, 0.29) is 5.82 Å². The average Bonchev–Trinajstić information content (AvgIpc) is 2.86. The number of hydrogen-bond acceptors (Lipinski definition) is 5. The summed E-state index contributed by atoms with van der Waals surface area (Å²) in [5, 5.41) is 30.4. The van der Waals surface area contributed by atoms with Gasteiger partial charge in [0, 0.05) is 0 Å². The van der Waals surface area contributed by atoms with Crippen LogP contribution in [0, 0.1) is 34.0 Å². The number of hydrogen-bond donors (Lipinski definition) is 0. The Labute approximate surface area is 96.6 Å². The first-order valence-corrected chi connectivity index (χ1v) is 4.55. The van der Waals surface area contributed by atoms with Crippen molar-refractivity contribution in [3.8, 4) is 23.9 Å². The van der Waals surface area contributed by atoms with E-state index in [1.807, 2.05) is 12.1 Å². The molecule has 0 radical (unpaired) electrons. The molecule has 2 rings (SSSR count). The highest BCUT2D eigenvalue weighted by Crippen LogP contribution is 2.17. The lowest BCUT2D eigenvalue weighted by molar-refractivity contribution is 0.866. The van der Waals surface area contributed by atoms with E-state index in [9.17, 15) is 0 Å². The molecule has 0 spiro atoms. The second-order valence-electron chi connectivity index (χ2n) is 3.05. The Kier molecular flexibility index (Phi) is 2.52. The molecule has 0 aliphatic rings. The van der Waals surface area contributed by atoms with E-state index in [2.05, 4.69) is 10.1 Å². The lowest BCUT2D eigenvalue weighted by Crippen LogP contribution is -2.01. The summed E-state index contributed by atoms with van der Waals surface area (Å²) >= 11 is 0. The van der Waals surface area contributed by atoms with Gasteiger partial charge >= 0.3 is 0 Å². The van der Waals surface area contributed by atoms with Crippen LogP contribution in [0.2, 0.25) is 0 Å². The Hall–Kier alpha value is -3.17. The highest BCUT2D eigenvalue weighted by molar-refractivity contribution is 5.58. The van der Waals surface area contributed by atoms with Crippen molar-refractivity contribution in [3.05, 3.63) is 41.5 Å². The van der Waals surface area contributed by atoms with Gasteiger partial charge in [-0.2, -0.15) is 15.8 Å². The first kappa shape index (κ1) is 10.4. The van der Waals surface area contributed by atoms with E-state index in [4.69, 9.17) is 15.8 Å². The van der Waals surface area contributed by atoms with Gasteiger partial charge in [0.25, 0.3) is 5.82 Å². The maximum absolute atomic E-state index is 8.98. The standard InChI is InChI=1S/C11H4N6/c12-4-8-2-1-3-9(5-13)11(8)17-7-15-10(6-14)16-17/h1-3,7H. The van der Waals surface area contributed by atoms with E-state index in [0.29, 0.717) is 16.8 Å². The van der Waals surface area contributed by atoms with E-state index in [1.54, 1.807) is 24.3 Å². The quantitative estimate of drug-likeness (QED) is 0.709. The first-order chi connectivity index (χ1) is 8.30. The van der Waals surface area contributed by atoms with Crippen LogP contribution in [0.4, 0.5) is 0 Å². The number of rotatable bonds is 1. The van der Waals surface area contributed by atoms with E-state index in [1.165, 1.54) is 11.0 Å². The Morgan fingerprint density at radius 1 is 1.00 bits per heavy atom. The molecule has 0 atom stereocenters. The molecular weight excluding hydrogens is 216 g/mol. The van der Waals surface area contributed by atoms with Crippen molar-refractivity contribution >= 4 is 0 Å². The second-order valence-corrected chi connectivity index (χ2v) is 3.05. The van der Waals surface area contributed by atoms with Gasteiger partial charge in [-0.25, -0.2) is 9.67 Å². The number of para-hydroxylation sites is 1. The minimum absolute atomic E-state index is 0.0124. The molecule has 0 aliphatic heterocycles. The van der Waals surface area contributed by atoms with Gasteiger partial charge in [-0.3, -0.25) is 0 Å². The number of nitrogens with zero attached hydrogens (tertiary/aromatic N) is 6. The van der Waals surface area contributed by atoms with Gasteiger partial charge in [0.2, 0.25) is 0 Å². The molecule has 1 aromatic carbocycles. The van der Waals surface area contributed by atoms with Crippen molar-refractivity contribution in [2.75, 3.05) is 0 Å². The maximum Gasteiger partial charge on any atom is 0.252 e. The fraction of sp³-hybridized carbons (Fsp3) is 0. The van der Waals surface area contributed by atoms with Gasteiger partial charge in [0.15, 0.2) is 0 Å². The van der Waals surface area contributed by atoms with Gasteiger partial charge in [-0.1, -0.05) is 6.07 Å². The summed E-state index contributed by atoms with van der Waals surface area (Å²) in [6.07, 6.45) is 1.30. The summed E-state index contributed by atoms with van der Waals surface area (Å²) in [5.74, 6) is -0.0124. The Bertz CT molecular complexity index is 660. The Balaban J connectivity index is 2.71. The van der Waals surface area contributed by atoms with Gasteiger partial charge in [0.05, 0.1) is 11.1 Å². The van der Waals surface area contributed by atoms with Crippen molar-refractivity contribution < 1.29 is 0 Å². The molecule has 1 aromatic heterocycles. The number of benzene rings is 1. The summed E-state index contributed by atoms with van der Waals surface area (Å²) in [4.78, 5) is 3.73. The minimum atomic E-state index is -0.0124. The molecule has 2 aromatic rings. The van der Waals surface area contributed by atoms with Crippen LogP contribution in [0.3, 0.4) is 0 Å². The van der Waals surface area contributed by atoms with Crippen LogP contribution in [0.15, 0.2) is 24.5 Å². The summed E-state index contributed by atoms with van der Waals surface area (Å²) in [6.45, 7) is 0. The van der Waals surface area contributed by atoms with Crippen LogP contribution in [0.5, 0.6) is 0 Å². The smallest absolute Gasteiger partial charge is 0.217 e. The van der Waals surface area contributed by atoms with Gasteiger partial charge < -0.3 is 0 Å². The van der Waals surface area contributed by atoms with Crippen LogP contribution >= 0.6 is 0 Å². The van der Waals surface area contributed by atoms with Crippen LogP contribution in [-0.2, 0) is 0 Å². The molecule has 1 heterocycles. The fourth-order valence-electron chi connectivity index (χ4n) is 1.39. The summed E-state index contributed by atoms with van der Waals surface area (Å²) < 4.78 is 1.26. The zero-order valence-corrected chi connectivity index (χ0v) is 8.49. The monoisotopic (exact) mass is 220 g/mol. The van der Waals surface area contributed by atoms with Gasteiger partial charge in [0.1, 0.15) is 30.2 Å². The first-order valence-electron chi connectivity index (χ1n) is 4.55. The van der Waals surface area contributed by atoms with Crippen molar-refractivity contribution in [1.29, 1.82) is 15.8 Å². The zero-order chi connectivity index (χ0) is 12.3. The molecule has 0 saturated carbocycles. The second kappa shape index (κ2) is 4.14. The minimum Gasteiger partial charge on any atom is -0.217 e. The molecule has 0 bridgehead atoms. The molecular formula is C11H4N6. The van der Waals surface area contributed by atoms with Crippen LogP contribution in [0.25, 0.3) is 5.69 Å². The fourth-order valence-corrected chi connectivity index (χ4v) is 1.39. The lowest BCUT2D eigenvalue weighted by Gasteiger charge is -2.04. The molecule has 0 aliphatic carbocycles. The lowest BCUT2D eigenvalue weighted by atomic mass is 10.1. The highest BCUT2D eigenvalue weighted by atomic mass is 15.3. The van der Waals surface area contributed by atoms with Crippen molar-refractivity contribution in [2.45, 2.75) is 0 Å². The largest absolute Gasteiger partial charge is 0.252 e. The third-order valence-electron chi connectivity index (χ3n) is 2.10. The third kappa shape index (κ3) is 1.69. The molecule has 17 heavy (non-hydrogen) atoms. The predicted molar refractivity (Wildman–Crippen MR) is 55.5 cm³/mol. The van der Waals surface area contributed by atoms with Gasteiger partial charge in [-0.05, 0) is 12.1 Å². The Morgan fingerprint density at radius 3 is 2.12 bits per heavy atom. The van der Waals surface area contributed by atoms with Crippen LogP contribution in [-0.4, -0.2) is 14.8 Å². The molecule has 6 nitrogen and oxygen atoms in total. The topological polar surface area (TPSA) is 102 Å². The summed E-state index contributed by atoms with van der Waals surface area (Å²) in [5.41, 5.74) is 0.948. The summed E-state index contributed by atoms with van der Waals surface area (Å²) in [6, 6.07) is 10.5. The third-order valence-corrected chi connectivity index (χ3v) is 2.10.